The molecule has 0 fully saturated rings. The summed E-state index contributed by atoms with van der Waals surface area (Å²) in [7, 11) is 0. The predicted octanol–water partition coefficient (Wildman–Crippen LogP) is 2.33. The maximum absolute atomic E-state index is 12.1. The fourth-order valence-electron chi connectivity index (χ4n) is 1.57. The van der Waals surface area contributed by atoms with E-state index < -0.39 is 0 Å². The highest BCUT2D eigenvalue weighted by molar-refractivity contribution is 6.18. The average Bonchev–Trinajstić information content (AvgIpc) is 2.80. The van der Waals surface area contributed by atoms with Gasteiger partial charge in [-0.2, -0.15) is 5.10 Å². The summed E-state index contributed by atoms with van der Waals surface area (Å²) in [5.74, 6) is 0.386. The van der Waals surface area contributed by atoms with Crippen LogP contribution in [-0.2, 0) is 0 Å². The van der Waals surface area contributed by atoms with Crippen molar-refractivity contribution in [3.05, 3.63) is 36.2 Å². The molecule has 1 amide bonds. The van der Waals surface area contributed by atoms with E-state index in [1.807, 2.05) is 38.2 Å². The Hall–Kier alpha value is -1.55. The van der Waals surface area contributed by atoms with Gasteiger partial charge in [-0.05, 0) is 17.5 Å². The molecule has 0 spiro atoms. The lowest BCUT2D eigenvalue weighted by molar-refractivity contribution is 0.0941. The molecule has 5 heteroatoms. The van der Waals surface area contributed by atoms with Crippen molar-refractivity contribution in [1.82, 2.24) is 14.9 Å². The lowest BCUT2D eigenvalue weighted by Crippen LogP contribution is -2.34. The Balaban J connectivity index is 2.14. The Kier molecular flexibility index (Phi) is 3.57. The molecular formula is C13H16ClN3O. The topological polar surface area (TPSA) is 46.4 Å². The highest BCUT2D eigenvalue weighted by Crippen LogP contribution is 2.16. The largest absolute Gasteiger partial charge is 0.351 e. The zero-order valence-electron chi connectivity index (χ0n) is 10.5. The van der Waals surface area contributed by atoms with Gasteiger partial charge in [0.15, 0.2) is 0 Å². The number of nitrogens with zero attached hydrogens (tertiary/aromatic N) is 2. The van der Waals surface area contributed by atoms with Crippen LogP contribution >= 0.6 is 11.6 Å². The quantitative estimate of drug-likeness (QED) is 0.863. The van der Waals surface area contributed by atoms with E-state index in [0.29, 0.717) is 18.0 Å². The van der Waals surface area contributed by atoms with Crippen molar-refractivity contribution in [2.24, 2.45) is 5.41 Å². The molecule has 0 radical (unpaired) electrons. The average molecular weight is 266 g/mol. The van der Waals surface area contributed by atoms with Gasteiger partial charge in [-0.3, -0.25) is 4.79 Å². The third kappa shape index (κ3) is 2.64. The molecule has 0 aliphatic heterocycles. The van der Waals surface area contributed by atoms with Gasteiger partial charge in [-0.1, -0.05) is 19.9 Å². The monoisotopic (exact) mass is 265 g/mol. The number of hydrogen-bond acceptors (Lipinski definition) is 2. The van der Waals surface area contributed by atoms with Crippen LogP contribution in [0.1, 0.15) is 24.2 Å². The highest BCUT2D eigenvalue weighted by atomic mass is 35.5. The second-order valence-electron chi connectivity index (χ2n) is 5.07. The molecule has 96 valence electrons. The zero-order valence-corrected chi connectivity index (χ0v) is 11.2. The van der Waals surface area contributed by atoms with Crippen molar-refractivity contribution >= 4 is 23.0 Å². The number of aromatic nitrogens is 2. The Morgan fingerprint density at radius 3 is 3.00 bits per heavy atom. The molecule has 0 atom stereocenters. The van der Waals surface area contributed by atoms with Crippen molar-refractivity contribution < 1.29 is 4.79 Å². The molecule has 2 aromatic rings. The van der Waals surface area contributed by atoms with Crippen LogP contribution in [0.4, 0.5) is 0 Å². The maximum atomic E-state index is 12.1. The van der Waals surface area contributed by atoms with Crippen LogP contribution in [0.25, 0.3) is 5.52 Å². The minimum atomic E-state index is -0.116. The summed E-state index contributed by atoms with van der Waals surface area (Å²) in [6.07, 6.45) is 3.40. The van der Waals surface area contributed by atoms with Crippen LogP contribution in [-0.4, -0.2) is 27.9 Å². The Labute approximate surface area is 111 Å². The summed E-state index contributed by atoms with van der Waals surface area (Å²) in [5, 5.41) is 7.03. The number of nitrogens with one attached hydrogen (secondary N) is 1. The number of fused-ring (bicyclic) bond motifs is 1. The third-order valence-electron chi connectivity index (χ3n) is 2.76. The number of amides is 1. The van der Waals surface area contributed by atoms with E-state index in [4.69, 9.17) is 11.6 Å². The van der Waals surface area contributed by atoms with E-state index in [2.05, 4.69) is 10.4 Å². The molecule has 18 heavy (non-hydrogen) atoms. The molecule has 0 aliphatic rings. The first-order valence-electron chi connectivity index (χ1n) is 5.80. The molecule has 0 saturated heterocycles. The van der Waals surface area contributed by atoms with E-state index in [1.165, 1.54) is 0 Å². The van der Waals surface area contributed by atoms with Gasteiger partial charge in [0.1, 0.15) is 0 Å². The molecule has 0 aliphatic carbocycles. The lowest BCUT2D eigenvalue weighted by atomic mass is 9.96. The minimum Gasteiger partial charge on any atom is -0.351 e. The van der Waals surface area contributed by atoms with Gasteiger partial charge in [-0.25, -0.2) is 4.52 Å². The van der Waals surface area contributed by atoms with Gasteiger partial charge in [0.2, 0.25) is 0 Å². The third-order valence-corrected chi connectivity index (χ3v) is 3.48. The molecule has 1 N–H and O–H groups in total. The molecule has 0 bridgehead atoms. The van der Waals surface area contributed by atoms with Gasteiger partial charge in [0.05, 0.1) is 17.3 Å². The van der Waals surface area contributed by atoms with Gasteiger partial charge in [0, 0.05) is 18.6 Å². The number of rotatable bonds is 4. The summed E-state index contributed by atoms with van der Waals surface area (Å²) in [5.41, 5.74) is 1.28. The van der Waals surface area contributed by atoms with E-state index >= 15 is 0 Å². The van der Waals surface area contributed by atoms with E-state index in [-0.39, 0.29) is 11.3 Å². The Morgan fingerprint density at radius 1 is 1.50 bits per heavy atom. The first-order chi connectivity index (χ1) is 8.53. The van der Waals surface area contributed by atoms with Gasteiger partial charge < -0.3 is 5.32 Å². The van der Waals surface area contributed by atoms with Crippen LogP contribution in [0.15, 0.2) is 30.6 Å². The molecule has 2 aromatic heterocycles. The van der Waals surface area contributed by atoms with Gasteiger partial charge >= 0.3 is 0 Å². The molecule has 0 saturated carbocycles. The van der Waals surface area contributed by atoms with Crippen LogP contribution < -0.4 is 5.32 Å². The van der Waals surface area contributed by atoms with Crippen molar-refractivity contribution in [1.29, 1.82) is 0 Å². The summed E-state index contributed by atoms with van der Waals surface area (Å²) in [4.78, 5) is 12.1. The molecule has 0 unspecified atom stereocenters. The first kappa shape index (κ1) is 12.9. The number of carbonyl (C=O) groups is 1. The van der Waals surface area contributed by atoms with Crippen LogP contribution in [0.2, 0.25) is 0 Å². The van der Waals surface area contributed by atoms with Crippen LogP contribution in [0, 0.1) is 5.41 Å². The van der Waals surface area contributed by atoms with E-state index in [9.17, 15) is 4.79 Å². The van der Waals surface area contributed by atoms with E-state index in [0.717, 1.165) is 5.52 Å². The lowest BCUT2D eigenvalue weighted by Gasteiger charge is -2.21. The number of pyridine rings is 1. The fraction of sp³-hybridized carbons (Fsp3) is 0.385. The Morgan fingerprint density at radius 2 is 2.28 bits per heavy atom. The normalized spacial score (nSPS) is 11.7. The maximum Gasteiger partial charge on any atom is 0.255 e. The van der Waals surface area contributed by atoms with Crippen LogP contribution in [0.5, 0.6) is 0 Å². The summed E-state index contributed by atoms with van der Waals surface area (Å²) >= 11 is 5.83. The van der Waals surface area contributed by atoms with Crippen molar-refractivity contribution in [3.8, 4) is 0 Å². The molecule has 4 nitrogen and oxygen atoms in total. The molecule has 2 heterocycles. The van der Waals surface area contributed by atoms with Gasteiger partial charge in [-0.15, -0.1) is 11.6 Å². The first-order valence-corrected chi connectivity index (χ1v) is 6.33. The SMILES string of the molecule is CC(C)(CCl)CNC(=O)c1cnn2ccccc12. The number of alkyl halides is 1. The standard InChI is InChI=1S/C13H16ClN3O/c1-13(2,8-14)9-15-12(18)10-7-16-17-6-4-3-5-11(10)17/h3-7H,8-9H2,1-2H3,(H,15,18). The number of hydrogen-bond donors (Lipinski definition) is 1. The number of halogens is 1. The predicted molar refractivity (Wildman–Crippen MR) is 72.0 cm³/mol. The van der Waals surface area contributed by atoms with Crippen molar-refractivity contribution in [3.63, 3.8) is 0 Å². The zero-order chi connectivity index (χ0) is 13.2. The van der Waals surface area contributed by atoms with E-state index in [1.54, 1.807) is 10.7 Å². The second-order valence-corrected chi connectivity index (χ2v) is 5.34. The minimum absolute atomic E-state index is 0.111. The smallest absolute Gasteiger partial charge is 0.255 e. The van der Waals surface area contributed by atoms with Gasteiger partial charge in [0.25, 0.3) is 5.91 Å². The number of carbonyl (C=O) groups excluding carboxylic acids is 1. The van der Waals surface area contributed by atoms with Crippen molar-refractivity contribution in [2.45, 2.75) is 13.8 Å². The molecule has 0 aromatic carbocycles. The summed E-state index contributed by atoms with van der Waals surface area (Å²) < 4.78 is 1.68. The second kappa shape index (κ2) is 4.98. The van der Waals surface area contributed by atoms with Crippen LogP contribution in [0.3, 0.4) is 0 Å². The fourth-order valence-corrected chi connectivity index (χ4v) is 1.67. The Bertz CT molecular complexity index is 562. The summed E-state index contributed by atoms with van der Waals surface area (Å²) in [6, 6.07) is 5.63. The summed E-state index contributed by atoms with van der Waals surface area (Å²) in [6.45, 7) is 4.56. The molecule has 2 rings (SSSR count). The highest BCUT2D eigenvalue weighted by Gasteiger charge is 2.19. The molecular weight excluding hydrogens is 250 g/mol. The van der Waals surface area contributed by atoms with Crippen molar-refractivity contribution in [2.75, 3.05) is 12.4 Å².